The minimum absolute atomic E-state index is 0.0793. The predicted octanol–water partition coefficient (Wildman–Crippen LogP) is 1.79. The van der Waals surface area contributed by atoms with Crippen molar-refractivity contribution in [2.75, 3.05) is 32.0 Å². The Labute approximate surface area is 159 Å². The highest BCUT2D eigenvalue weighted by molar-refractivity contribution is 7.71. The molecule has 1 atom stereocenters. The molecule has 1 saturated heterocycles. The number of hydrogen-bond donors (Lipinski definition) is 1. The van der Waals surface area contributed by atoms with Gasteiger partial charge in [0, 0.05) is 39.3 Å². The van der Waals surface area contributed by atoms with Crippen molar-refractivity contribution in [3.05, 3.63) is 51.7 Å². The van der Waals surface area contributed by atoms with Crippen LogP contribution in [-0.4, -0.2) is 46.4 Å². The Kier molecular flexibility index (Phi) is 5.90. The van der Waals surface area contributed by atoms with Crippen LogP contribution in [0.2, 0.25) is 0 Å². The van der Waals surface area contributed by atoms with Gasteiger partial charge >= 0.3 is 0 Å². The van der Waals surface area contributed by atoms with Crippen molar-refractivity contribution in [2.24, 2.45) is 19.1 Å². The van der Waals surface area contributed by atoms with Gasteiger partial charge in [0.15, 0.2) is 4.77 Å². The molecule has 3 rings (SSSR count). The average Bonchev–Trinajstić information content (AvgIpc) is 2.66. The van der Waals surface area contributed by atoms with Crippen molar-refractivity contribution in [3.8, 4) is 0 Å². The number of anilines is 1. The molecule has 7 heteroatoms. The van der Waals surface area contributed by atoms with Crippen LogP contribution in [0.15, 0.2) is 35.3 Å². The summed E-state index contributed by atoms with van der Waals surface area (Å²) in [6.45, 7) is 6.07. The van der Waals surface area contributed by atoms with Crippen LogP contribution in [0.25, 0.3) is 0 Å². The molecule has 1 unspecified atom stereocenters. The van der Waals surface area contributed by atoms with Crippen LogP contribution in [0.5, 0.6) is 0 Å². The van der Waals surface area contributed by atoms with E-state index in [1.807, 2.05) is 36.2 Å². The maximum atomic E-state index is 6.15. The first-order chi connectivity index (χ1) is 12.5. The summed E-state index contributed by atoms with van der Waals surface area (Å²) in [6, 6.07) is 10.5. The van der Waals surface area contributed by atoms with Crippen LogP contribution in [0, 0.1) is 11.7 Å². The van der Waals surface area contributed by atoms with Crippen molar-refractivity contribution < 1.29 is 4.74 Å². The largest absolute Gasteiger partial charge is 0.385 e. The monoisotopic (exact) mass is 373 g/mol. The quantitative estimate of drug-likeness (QED) is 0.830. The second-order valence-corrected chi connectivity index (χ2v) is 7.15. The molecule has 1 aliphatic rings. The van der Waals surface area contributed by atoms with Crippen LogP contribution >= 0.6 is 12.2 Å². The van der Waals surface area contributed by atoms with Crippen molar-refractivity contribution in [1.29, 1.82) is 0 Å². The van der Waals surface area contributed by atoms with Crippen LogP contribution in [0.4, 0.5) is 5.82 Å². The smallest absolute Gasteiger partial charge is 0.182 e. The van der Waals surface area contributed by atoms with E-state index < -0.39 is 0 Å². The summed E-state index contributed by atoms with van der Waals surface area (Å²) in [7, 11) is 3.80. The number of nitrogens with two attached hydrogens (primary N) is 1. The Morgan fingerprint density at radius 1 is 1.23 bits per heavy atom. The molecular formula is C19H27N5OS. The molecule has 1 aromatic heterocycles. The first kappa shape index (κ1) is 18.8. The molecule has 0 aliphatic carbocycles. The summed E-state index contributed by atoms with van der Waals surface area (Å²) in [4.78, 5) is 7.20. The normalized spacial score (nSPS) is 19.0. The van der Waals surface area contributed by atoms with E-state index >= 15 is 0 Å². The highest BCUT2D eigenvalue weighted by Gasteiger charge is 2.20. The third-order valence-corrected chi connectivity index (χ3v) is 5.44. The van der Waals surface area contributed by atoms with Crippen LogP contribution < -0.4 is 11.2 Å². The number of ether oxygens (including phenoxy) is 1. The van der Waals surface area contributed by atoms with E-state index in [0.29, 0.717) is 17.1 Å². The van der Waals surface area contributed by atoms with Gasteiger partial charge in [-0.05, 0) is 24.7 Å². The lowest BCUT2D eigenvalue weighted by Crippen LogP contribution is -2.43. The van der Waals surface area contributed by atoms with E-state index in [0.717, 1.165) is 37.3 Å². The Balaban J connectivity index is 1.74. The molecule has 6 nitrogen and oxygen atoms in total. The van der Waals surface area contributed by atoms with Gasteiger partial charge in [-0.25, -0.2) is 0 Å². The first-order valence-electron chi connectivity index (χ1n) is 8.88. The maximum Gasteiger partial charge on any atom is 0.182 e. The fourth-order valence-electron chi connectivity index (χ4n) is 3.33. The summed E-state index contributed by atoms with van der Waals surface area (Å²) in [5.74, 6) is 0.655. The molecule has 26 heavy (non-hydrogen) atoms. The average molecular weight is 374 g/mol. The van der Waals surface area contributed by atoms with E-state index in [9.17, 15) is 0 Å². The Morgan fingerprint density at radius 2 is 1.96 bits per heavy atom. The molecule has 140 valence electrons. The second kappa shape index (κ2) is 8.16. The van der Waals surface area contributed by atoms with E-state index in [-0.39, 0.29) is 6.10 Å². The van der Waals surface area contributed by atoms with Gasteiger partial charge in [0.25, 0.3) is 0 Å². The summed E-state index contributed by atoms with van der Waals surface area (Å²) < 4.78 is 10.3. The minimum Gasteiger partial charge on any atom is -0.385 e. The lowest BCUT2D eigenvalue weighted by atomic mass is 10.2. The fraction of sp³-hybridized carbons (Fsp3) is 0.474. The van der Waals surface area contributed by atoms with Gasteiger partial charge in [-0.15, -0.1) is 0 Å². The highest BCUT2D eigenvalue weighted by atomic mass is 32.1. The Morgan fingerprint density at radius 3 is 2.69 bits per heavy atom. The van der Waals surface area contributed by atoms with Crippen molar-refractivity contribution in [3.63, 3.8) is 0 Å². The lowest BCUT2D eigenvalue weighted by Gasteiger charge is -2.32. The third-order valence-electron chi connectivity index (χ3n) is 4.89. The summed E-state index contributed by atoms with van der Waals surface area (Å²) >= 11 is 5.44. The number of nitrogens with zero attached hydrogens (tertiary/aromatic N) is 4. The molecule has 0 amide bonds. The van der Waals surface area contributed by atoms with Gasteiger partial charge in [-0.2, -0.15) is 0 Å². The number of hydrogen-bond acceptors (Lipinski definition) is 5. The van der Waals surface area contributed by atoms with E-state index in [2.05, 4.69) is 29.2 Å². The molecule has 0 bridgehead atoms. The molecule has 2 aromatic rings. The topological polar surface area (TPSA) is 60.7 Å². The van der Waals surface area contributed by atoms with E-state index in [1.165, 1.54) is 5.56 Å². The summed E-state index contributed by atoms with van der Waals surface area (Å²) in [6.07, 6.45) is 0.0793. The van der Waals surface area contributed by atoms with Crippen LogP contribution in [-0.2, 0) is 25.4 Å². The van der Waals surface area contributed by atoms with Crippen molar-refractivity contribution in [1.82, 2.24) is 14.0 Å². The van der Waals surface area contributed by atoms with E-state index in [4.69, 9.17) is 27.7 Å². The zero-order valence-corrected chi connectivity index (χ0v) is 16.5. The maximum absolute atomic E-state index is 6.15. The van der Waals surface area contributed by atoms with Crippen molar-refractivity contribution >= 4 is 18.0 Å². The van der Waals surface area contributed by atoms with Gasteiger partial charge in [0.05, 0.1) is 19.3 Å². The number of benzene rings is 1. The van der Waals surface area contributed by atoms with Crippen LogP contribution in [0.3, 0.4) is 0 Å². The van der Waals surface area contributed by atoms with Crippen LogP contribution in [0.1, 0.15) is 11.1 Å². The molecule has 1 aliphatic heterocycles. The molecule has 2 heterocycles. The van der Waals surface area contributed by atoms with E-state index in [1.54, 1.807) is 0 Å². The number of nitrogen functional groups attached to an aromatic ring is 1. The molecule has 0 saturated carbocycles. The number of rotatable bonds is 4. The fourth-order valence-corrected chi connectivity index (χ4v) is 3.51. The predicted molar refractivity (Wildman–Crippen MR) is 106 cm³/mol. The summed E-state index contributed by atoms with van der Waals surface area (Å²) in [5.41, 5.74) is 9.25. The number of aromatic nitrogens is 2. The standard InChI is InChI=1S/C19H27N5OS/c1-14-17(20)22(2)19(26)23(3)18(14)21-11-16-13-24(9-10-25-16)12-15-7-5-4-6-8-15/h4-8,16H,9-13,20H2,1-3H3. The van der Waals surface area contributed by atoms with Gasteiger partial charge in [0.1, 0.15) is 11.3 Å². The third kappa shape index (κ3) is 4.06. The summed E-state index contributed by atoms with van der Waals surface area (Å²) in [5, 5.41) is 0. The zero-order chi connectivity index (χ0) is 18.7. The molecule has 0 spiro atoms. The van der Waals surface area contributed by atoms with Gasteiger partial charge < -0.3 is 19.6 Å². The zero-order valence-electron chi connectivity index (χ0n) is 15.7. The SMILES string of the molecule is Cc1c(N)n(C)c(=S)n(C)c1=NCC1CN(Cc2ccccc2)CCO1. The Hall–Kier alpha value is -1.96. The van der Waals surface area contributed by atoms with Gasteiger partial charge in [0.2, 0.25) is 0 Å². The second-order valence-electron chi connectivity index (χ2n) is 6.79. The molecule has 1 aromatic carbocycles. The molecular weight excluding hydrogens is 346 g/mol. The number of morpholine rings is 1. The highest BCUT2D eigenvalue weighted by Crippen LogP contribution is 2.11. The van der Waals surface area contributed by atoms with Crippen molar-refractivity contribution in [2.45, 2.75) is 19.6 Å². The lowest BCUT2D eigenvalue weighted by molar-refractivity contribution is -0.0262. The molecule has 2 N–H and O–H groups in total. The Bertz CT molecular complexity index is 887. The van der Waals surface area contributed by atoms with Gasteiger partial charge in [-0.1, -0.05) is 30.3 Å². The molecule has 1 fully saturated rings. The molecule has 0 radical (unpaired) electrons. The van der Waals surface area contributed by atoms with Gasteiger partial charge in [-0.3, -0.25) is 9.89 Å². The minimum atomic E-state index is 0.0793. The first-order valence-corrected chi connectivity index (χ1v) is 9.28.